The first-order valence-corrected chi connectivity index (χ1v) is 11.0. The van der Waals surface area contributed by atoms with Crippen LogP contribution in [0.2, 0.25) is 0 Å². The highest BCUT2D eigenvalue weighted by Gasteiger charge is 2.39. The number of nitrogens with zero attached hydrogens (tertiary/aromatic N) is 4. The summed E-state index contributed by atoms with van der Waals surface area (Å²) in [4.78, 5) is 17.6. The molecule has 11 heteroatoms. The molecule has 3 heterocycles. The van der Waals surface area contributed by atoms with Crippen molar-refractivity contribution < 1.29 is 22.4 Å². The highest BCUT2D eigenvalue weighted by atomic mass is 32.1. The Labute approximate surface area is 190 Å². The topological polar surface area (TPSA) is 84.2 Å². The van der Waals surface area contributed by atoms with Gasteiger partial charge in [-0.1, -0.05) is 41.5 Å². The first-order chi connectivity index (χ1) is 15.8. The summed E-state index contributed by atoms with van der Waals surface area (Å²) >= 11 is 1.52. The summed E-state index contributed by atoms with van der Waals surface area (Å²) in [5.74, 6) is -0.329. The molecule has 2 aromatic carbocycles. The Morgan fingerprint density at radius 3 is 2.73 bits per heavy atom. The van der Waals surface area contributed by atoms with Crippen LogP contribution in [0.3, 0.4) is 0 Å². The number of rotatable bonds is 6. The van der Waals surface area contributed by atoms with E-state index in [-0.39, 0.29) is 19.0 Å². The van der Waals surface area contributed by atoms with Gasteiger partial charge in [0.2, 0.25) is 11.8 Å². The molecule has 0 bridgehead atoms. The molecular formula is C22H18F3N5O2S. The number of hydrogen-bond donors (Lipinski definition) is 1. The van der Waals surface area contributed by atoms with Crippen molar-refractivity contribution in [3.63, 3.8) is 0 Å². The van der Waals surface area contributed by atoms with Gasteiger partial charge in [-0.2, -0.15) is 13.2 Å². The van der Waals surface area contributed by atoms with E-state index >= 15 is 0 Å². The average molecular weight is 473 g/mol. The SMILES string of the molecule is O=C1C(Nc2nnc(Cc3nc4ccc(-c5ccccc5)cc4s3)o2)CCN1CC(F)(F)F. The third kappa shape index (κ3) is 4.82. The lowest BCUT2D eigenvalue weighted by Crippen LogP contribution is -2.39. The Morgan fingerprint density at radius 1 is 1.12 bits per heavy atom. The lowest BCUT2D eigenvalue weighted by atomic mass is 10.1. The predicted octanol–water partition coefficient (Wildman–Crippen LogP) is 4.51. The number of nitrogens with one attached hydrogen (secondary N) is 1. The molecule has 33 heavy (non-hydrogen) atoms. The van der Waals surface area contributed by atoms with Gasteiger partial charge < -0.3 is 14.6 Å². The van der Waals surface area contributed by atoms with Crippen LogP contribution in [-0.4, -0.2) is 51.3 Å². The second-order valence-electron chi connectivity index (χ2n) is 7.69. The number of alkyl halides is 3. The standard InChI is InChI=1S/C22H18F3N5O2S/c23-22(24,25)12-30-9-8-16(20(30)31)27-21-29-28-18(32-21)11-19-26-15-7-6-14(10-17(15)33-19)13-4-2-1-3-5-13/h1-7,10,16H,8-9,11-12H2,(H,27,29). The summed E-state index contributed by atoms with van der Waals surface area (Å²) in [7, 11) is 0. The zero-order valence-corrected chi connectivity index (χ0v) is 18.0. The summed E-state index contributed by atoms with van der Waals surface area (Å²) in [6.07, 6.45) is -3.89. The highest BCUT2D eigenvalue weighted by Crippen LogP contribution is 2.29. The van der Waals surface area contributed by atoms with E-state index in [0.717, 1.165) is 31.3 Å². The molecule has 0 aliphatic carbocycles. The van der Waals surface area contributed by atoms with Crippen LogP contribution in [0, 0.1) is 0 Å². The normalized spacial score (nSPS) is 16.6. The maximum Gasteiger partial charge on any atom is 0.406 e. The van der Waals surface area contributed by atoms with Crippen LogP contribution < -0.4 is 5.32 Å². The van der Waals surface area contributed by atoms with E-state index in [0.29, 0.717) is 12.3 Å². The van der Waals surface area contributed by atoms with Gasteiger partial charge in [0.25, 0.3) is 0 Å². The Morgan fingerprint density at radius 2 is 1.94 bits per heavy atom. The first-order valence-electron chi connectivity index (χ1n) is 10.2. The summed E-state index contributed by atoms with van der Waals surface area (Å²) in [6.45, 7) is -1.24. The number of hydrogen-bond acceptors (Lipinski definition) is 7. The second kappa shape index (κ2) is 8.47. The van der Waals surface area contributed by atoms with Gasteiger partial charge in [0.05, 0.1) is 16.6 Å². The number of carbonyl (C=O) groups is 1. The first kappa shape index (κ1) is 21.4. The van der Waals surface area contributed by atoms with Crippen molar-refractivity contribution in [3.8, 4) is 11.1 Å². The Bertz CT molecular complexity index is 1290. The molecule has 1 saturated heterocycles. The summed E-state index contributed by atoms with van der Waals surface area (Å²) < 4.78 is 44.3. The van der Waals surface area contributed by atoms with E-state index in [9.17, 15) is 18.0 Å². The van der Waals surface area contributed by atoms with Gasteiger partial charge in [-0.15, -0.1) is 16.4 Å². The number of benzene rings is 2. The van der Waals surface area contributed by atoms with Crippen LogP contribution >= 0.6 is 11.3 Å². The Hall–Kier alpha value is -3.47. The van der Waals surface area contributed by atoms with Crippen LogP contribution in [0.25, 0.3) is 21.3 Å². The molecule has 0 spiro atoms. The van der Waals surface area contributed by atoms with Gasteiger partial charge in [0.15, 0.2) is 0 Å². The number of fused-ring (bicyclic) bond motifs is 1. The van der Waals surface area contributed by atoms with E-state index < -0.39 is 24.7 Å². The zero-order valence-electron chi connectivity index (χ0n) is 17.2. The molecule has 1 atom stereocenters. The average Bonchev–Trinajstić information content (AvgIpc) is 3.48. The third-order valence-corrected chi connectivity index (χ3v) is 6.29. The summed E-state index contributed by atoms with van der Waals surface area (Å²) in [5, 5.41) is 11.4. The number of likely N-dealkylation sites (tertiary alicyclic amines) is 1. The molecular weight excluding hydrogens is 455 g/mol. The van der Waals surface area contributed by atoms with E-state index in [1.165, 1.54) is 11.3 Å². The monoisotopic (exact) mass is 473 g/mol. The number of amides is 1. The molecule has 7 nitrogen and oxygen atoms in total. The molecule has 2 aromatic heterocycles. The van der Waals surface area contributed by atoms with Crippen molar-refractivity contribution >= 4 is 33.5 Å². The van der Waals surface area contributed by atoms with Gasteiger partial charge >= 0.3 is 12.2 Å². The Kier molecular flexibility index (Phi) is 5.49. The van der Waals surface area contributed by atoms with Crippen LogP contribution in [0.5, 0.6) is 0 Å². The maximum atomic E-state index is 12.6. The molecule has 170 valence electrons. The maximum absolute atomic E-state index is 12.6. The fourth-order valence-electron chi connectivity index (χ4n) is 3.77. The molecule has 1 unspecified atom stereocenters. The lowest BCUT2D eigenvalue weighted by molar-refractivity contribution is -0.157. The van der Waals surface area contributed by atoms with E-state index in [1.54, 1.807) is 0 Å². The van der Waals surface area contributed by atoms with Crippen molar-refractivity contribution in [3.05, 3.63) is 59.4 Å². The van der Waals surface area contributed by atoms with Crippen LogP contribution in [0.1, 0.15) is 17.3 Å². The van der Waals surface area contributed by atoms with E-state index in [2.05, 4.69) is 26.6 Å². The number of carbonyl (C=O) groups excluding carboxylic acids is 1. The van der Waals surface area contributed by atoms with Gasteiger partial charge in [0.1, 0.15) is 17.6 Å². The van der Waals surface area contributed by atoms with Crippen molar-refractivity contribution in [2.24, 2.45) is 0 Å². The quantitative estimate of drug-likeness (QED) is 0.444. The fourth-order valence-corrected chi connectivity index (χ4v) is 4.76. The van der Waals surface area contributed by atoms with Gasteiger partial charge in [-0.05, 0) is 29.7 Å². The molecule has 0 radical (unpaired) electrons. The van der Waals surface area contributed by atoms with Crippen LogP contribution in [-0.2, 0) is 11.2 Å². The smallest absolute Gasteiger partial charge is 0.406 e. The molecule has 1 fully saturated rings. The molecule has 4 aromatic rings. The van der Waals surface area contributed by atoms with Gasteiger partial charge in [-0.3, -0.25) is 4.79 Å². The minimum Gasteiger partial charge on any atom is -0.408 e. The van der Waals surface area contributed by atoms with Crippen LogP contribution in [0.15, 0.2) is 52.9 Å². The summed E-state index contributed by atoms with van der Waals surface area (Å²) in [5.41, 5.74) is 3.09. The molecule has 0 saturated carbocycles. The number of halogens is 3. The van der Waals surface area contributed by atoms with Crippen molar-refractivity contribution in [2.75, 3.05) is 18.4 Å². The van der Waals surface area contributed by atoms with Gasteiger partial charge in [-0.25, -0.2) is 4.98 Å². The number of anilines is 1. The fraction of sp³-hybridized carbons (Fsp3) is 0.273. The van der Waals surface area contributed by atoms with Crippen LogP contribution in [0.4, 0.5) is 19.2 Å². The second-order valence-corrected chi connectivity index (χ2v) is 8.81. The Balaban J connectivity index is 1.25. The van der Waals surface area contributed by atoms with E-state index in [4.69, 9.17) is 4.42 Å². The summed E-state index contributed by atoms with van der Waals surface area (Å²) in [6, 6.07) is 15.3. The molecule has 1 aliphatic rings. The number of thiazole rings is 1. The largest absolute Gasteiger partial charge is 0.408 e. The van der Waals surface area contributed by atoms with Crippen molar-refractivity contribution in [1.29, 1.82) is 0 Å². The molecule has 1 N–H and O–H groups in total. The zero-order chi connectivity index (χ0) is 23.0. The van der Waals surface area contributed by atoms with Crippen molar-refractivity contribution in [2.45, 2.75) is 25.1 Å². The minimum atomic E-state index is -4.43. The third-order valence-electron chi connectivity index (χ3n) is 5.27. The predicted molar refractivity (Wildman–Crippen MR) is 117 cm³/mol. The van der Waals surface area contributed by atoms with E-state index in [1.807, 2.05) is 42.5 Å². The minimum absolute atomic E-state index is 0.00434. The van der Waals surface area contributed by atoms with Crippen molar-refractivity contribution in [1.82, 2.24) is 20.1 Å². The molecule has 1 amide bonds. The highest BCUT2D eigenvalue weighted by molar-refractivity contribution is 7.18. The lowest BCUT2D eigenvalue weighted by Gasteiger charge is -2.18. The molecule has 5 rings (SSSR count). The molecule has 1 aliphatic heterocycles. The van der Waals surface area contributed by atoms with Gasteiger partial charge in [0, 0.05) is 6.54 Å². The number of aromatic nitrogens is 3.